The fourth-order valence-electron chi connectivity index (χ4n) is 2.04. The van der Waals surface area contributed by atoms with Crippen LogP contribution in [-0.4, -0.2) is 23.0 Å². The predicted molar refractivity (Wildman–Crippen MR) is 51.6 cm³/mol. The van der Waals surface area contributed by atoms with Gasteiger partial charge in [-0.15, -0.1) is 0 Å². The van der Waals surface area contributed by atoms with Crippen LogP contribution in [0.1, 0.15) is 25.7 Å². The van der Waals surface area contributed by atoms with Crippen molar-refractivity contribution in [2.24, 2.45) is 17.1 Å². The van der Waals surface area contributed by atoms with Gasteiger partial charge in [0.15, 0.2) is 5.41 Å². The Morgan fingerprint density at radius 2 is 1.73 bits per heavy atom. The molecule has 0 radical (unpaired) electrons. The highest BCUT2D eigenvalue weighted by Gasteiger charge is 2.52. The minimum absolute atomic E-state index is 0.250. The normalized spacial score (nSPS) is 24.3. The number of aliphatic hydroxyl groups is 1. The van der Waals surface area contributed by atoms with Crippen molar-refractivity contribution in [1.29, 1.82) is 0 Å². The molecule has 0 bridgehead atoms. The molecule has 1 fully saturated rings. The zero-order chi connectivity index (χ0) is 11.5. The maximum absolute atomic E-state index is 11.6. The molecule has 7 nitrogen and oxygen atoms in total. The van der Waals surface area contributed by atoms with Crippen LogP contribution in [0.15, 0.2) is 0 Å². The number of nitrogens with one attached hydrogen (secondary N) is 2. The molecule has 15 heavy (non-hydrogen) atoms. The molecule has 1 unspecified atom stereocenters. The molecule has 0 heterocycles. The lowest BCUT2D eigenvalue weighted by Crippen LogP contribution is -2.61. The molecule has 1 atom stereocenters. The third kappa shape index (κ3) is 1.81. The second-order valence-electron chi connectivity index (χ2n) is 3.68. The Balaban J connectivity index is 3.03. The summed E-state index contributed by atoms with van der Waals surface area (Å²) in [5.74, 6) is 8.63. The van der Waals surface area contributed by atoms with Crippen molar-refractivity contribution in [1.82, 2.24) is 10.9 Å². The van der Waals surface area contributed by atoms with Crippen LogP contribution >= 0.6 is 0 Å². The fraction of sp³-hybridized carbons (Fsp3) is 0.750. The molecule has 0 aliphatic heterocycles. The maximum atomic E-state index is 11.6. The highest BCUT2D eigenvalue weighted by atomic mass is 16.3. The van der Waals surface area contributed by atoms with E-state index in [-0.39, 0.29) is 6.42 Å². The van der Waals surface area contributed by atoms with Gasteiger partial charge in [0, 0.05) is 0 Å². The first-order chi connectivity index (χ1) is 7.09. The van der Waals surface area contributed by atoms with Crippen molar-refractivity contribution in [3.05, 3.63) is 0 Å². The number of aliphatic hydroxyl groups excluding tert-OH is 1. The third-order valence-electron chi connectivity index (χ3n) is 2.94. The number of amides is 2. The van der Waals surface area contributed by atoms with E-state index in [2.05, 4.69) is 0 Å². The van der Waals surface area contributed by atoms with Gasteiger partial charge in [-0.3, -0.25) is 20.4 Å². The lowest BCUT2D eigenvalue weighted by atomic mass is 9.70. The number of carbonyl (C=O) groups is 2. The molecule has 7 N–H and O–H groups in total. The third-order valence-corrected chi connectivity index (χ3v) is 2.94. The Morgan fingerprint density at radius 1 is 1.20 bits per heavy atom. The van der Waals surface area contributed by atoms with E-state index in [1.165, 1.54) is 0 Å². The Morgan fingerprint density at radius 3 is 2.13 bits per heavy atom. The maximum Gasteiger partial charge on any atom is 0.252 e. The Labute approximate surface area is 87.1 Å². The summed E-state index contributed by atoms with van der Waals surface area (Å²) >= 11 is 0. The molecule has 1 aliphatic rings. The summed E-state index contributed by atoms with van der Waals surface area (Å²) in [4.78, 5) is 23.2. The molecule has 0 aromatic carbocycles. The van der Waals surface area contributed by atoms with E-state index < -0.39 is 23.3 Å². The summed E-state index contributed by atoms with van der Waals surface area (Å²) in [7, 11) is 0. The Hall–Kier alpha value is -1.18. The Bertz CT molecular complexity index is 253. The van der Waals surface area contributed by atoms with Crippen LogP contribution in [0.3, 0.4) is 0 Å². The topological polar surface area (TPSA) is 130 Å². The largest absolute Gasteiger partial charge is 0.391 e. The molecule has 0 aromatic heterocycles. The van der Waals surface area contributed by atoms with Gasteiger partial charge >= 0.3 is 0 Å². The molecule has 0 spiro atoms. The second-order valence-corrected chi connectivity index (χ2v) is 3.68. The molecule has 1 aliphatic carbocycles. The first-order valence-corrected chi connectivity index (χ1v) is 4.79. The van der Waals surface area contributed by atoms with Crippen molar-refractivity contribution in [2.75, 3.05) is 0 Å². The van der Waals surface area contributed by atoms with E-state index in [4.69, 9.17) is 11.7 Å². The van der Waals surface area contributed by atoms with Crippen LogP contribution < -0.4 is 22.5 Å². The molecule has 7 heteroatoms. The number of hydrogen-bond donors (Lipinski definition) is 5. The van der Waals surface area contributed by atoms with Gasteiger partial charge < -0.3 is 5.11 Å². The van der Waals surface area contributed by atoms with Crippen molar-refractivity contribution in [2.45, 2.75) is 31.8 Å². The minimum Gasteiger partial charge on any atom is -0.391 e. The molecule has 2 amide bonds. The summed E-state index contributed by atoms with van der Waals surface area (Å²) < 4.78 is 0. The lowest BCUT2D eigenvalue weighted by molar-refractivity contribution is -0.155. The number of hydrazine groups is 2. The standard InChI is InChI=1S/C8H16N4O3/c9-11-6(14)8(7(15)12-10)4-2-1-3-5(8)13/h5,13H,1-4,9-10H2,(H,11,14)(H,12,15). The zero-order valence-electron chi connectivity index (χ0n) is 8.32. The van der Waals surface area contributed by atoms with Gasteiger partial charge in [-0.1, -0.05) is 12.8 Å². The van der Waals surface area contributed by atoms with Gasteiger partial charge in [0.2, 0.25) is 0 Å². The van der Waals surface area contributed by atoms with Gasteiger partial charge in [-0.2, -0.15) is 0 Å². The van der Waals surface area contributed by atoms with E-state index >= 15 is 0 Å². The van der Waals surface area contributed by atoms with Crippen molar-refractivity contribution < 1.29 is 14.7 Å². The summed E-state index contributed by atoms with van der Waals surface area (Å²) in [5, 5.41) is 9.79. The highest BCUT2D eigenvalue weighted by molar-refractivity contribution is 6.05. The van der Waals surface area contributed by atoms with Crippen LogP contribution in [0.25, 0.3) is 0 Å². The Kier molecular flexibility index (Phi) is 3.61. The number of hydrogen-bond acceptors (Lipinski definition) is 5. The highest BCUT2D eigenvalue weighted by Crippen LogP contribution is 2.36. The quantitative estimate of drug-likeness (QED) is 0.156. The van der Waals surface area contributed by atoms with Crippen molar-refractivity contribution >= 4 is 11.8 Å². The van der Waals surface area contributed by atoms with Crippen molar-refractivity contribution in [3.8, 4) is 0 Å². The molecule has 86 valence electrons. The van der Waals surface area contributed by atoms with E-state index in [0.717, 1.165) is 6.42 Å². The number of rotatable bonds is 2. The minimum atomic E-state index is -1.54. The van der Waals surface area contributed by atoms with Gasteiger partial charge in [0.05, 0.1) is 6.10 Å². The van der Waals surface area contributed by atoms with Crippen LogP contribution in [0.2, 0.25) is 0 Å². The zero-order valence-corrected chi connectivity index (χ0v) is 8.32. The van der Waals surface area contributed by atoms with Crippen LogP contribution in [0, 0.1) is 5.41 Å². The average Bonchev–Trinajstić information content (AvgIpc) is 2.28. The second kappa shape index (κ2) is 4.56. The lowest BCUT2D eigenvalue weighted by Gasteiger charge is -2.37. The van der Waals surface area contributed by atoms with E-state index in [1.807, 2.05) is 10.9 Å². The summed E-state index contributed by atoms with van der Waals surface area (Å²) in [5.41, 5.74) is 2.27. The molecular weight excluding hydrogens is 200 g/mol. The molecule has 0 aromatic rings. The molecule has 1 saturated carbocycles. The van der Waals surface area contributed by atoms with E-state index in [1.54, 1.807) is 0 Å². The number of nitrogens with two attached hydrogens (primary N) is 2. The summed E-state index contributed by atoms with van der Waals surface area (Å²) in [6.45, 7) is 0. The van der Waals surface area contributed by atoms with Crippen LogP contribution in [0.5, 0.6) is 0 Å². The molecule has 1 rings (SSSR count). The van der Waals surface area contributed by atoms with E-state index in [0.29, 0.717) is 12.8 Å². The van der Waals surface area contributed by atoms with Gasteiger partial charge in [-0.05, 0) is 12.8 Å². The fourth-order valence-corrected chi connectivity index (χ4v) is 2.04. The molecule has 0 saturated heterocycles. The summed E-state index contributed by atoms with van der Waals surface area (Å²) in [6.07, 6.45) is 1.05. The first kappa shape index (κ1) is 11.9. The predicted octanol–water partition coefficient (Wildman–Crippen LogP) is -2.11. The SMILES string of the molecule is NNC(=O)C1(C(=O)NN)CCCCC1O. The van der Waals surface area contributed by atoms with E-state index in [9.17, 15) is 14.7 Å². The number of carbonyl (C=O) groups excluding carboxylic acids is 2. The van der Waals surface area contributed by atoms with Gasteiger partial charge in [-0.25, -0.2) is 11.7 Å². The molecular formula is C8H16N4O3. The summed E-state index contributed by atoms with van der Waals surface area (Å²) in [6, 6.07) is 0. The monoisotopic (exact) mass is 216 g/mol. The van der Waals surface area contributed by atoms with Gasteiger partial charge in [0.25, 0.3) is 11.8 Å². The van der Waals surface area contributed by atoms with Gasteiger partial charge in [0.1, 0.15) is 0 Å². The smallest absolute Gasteiger partial charge is 0.252 e. The first-order valence-electron chi connectivity index (χ1n) is 4.79. The van der Waals surface area contributed by atoms with Crippen LogP contribution in [0.4, 0.5) is 0 Å². The van der Waals surface area contributed by atoms with Crippen molar-refractivity contribution in [3.63, 3.8) is 0 Å². The average molecular weight is 216 g/mol. The van der Waals surface area contributed by atoms with Crippen LogP contribution in [-0.2, 0) is 9.59 Å².